The molecular weight excluding hydrogens is 174 g/mol. The number of rotatable bonds is 5. The van der Waals surface area contributed by atoms with Gasteiger partial charge in [-0.1, -0.05) is 20.3 Å². The van der Waals surface area contributed by atoms with Gasteiger partial charge in [0.1, 0.15) is 0 Å². The van der Waals surface area contributed by atoms with Gasteiger partial charge in [0.25, 0.3) is 0 Å². The Bertz CT molecular complexity index is 248. The molecule has 0 saturated carbocycles. The molecular formula is C12H19NO. The SMILES string of the molecule is CCC(C)CC(O)Cc1ccncc1. The van der Waals surface area contributed by atoms with Crippen molar-refractivity contribution in [3.05, 3.63) is 30.1 Å². The van der Waals surface area contributed by atoms with E-state index in [1.54, 1.807) is 12.4 Å². The summed E-state index contributed by atoms with van der Waals surface area (Å²) >= 11 is 0. The quantitative estimate of drug-likeness (QED) is 0.779. The molecule has 0 fully saturated rings. The van der Waals surface area contributed by atoms with Crippen molar-refractivity contribution in [3.63, 3.8) is 0 Å². The Labute approximate surface area is 86.0 Å². The van der Waals surface area contributed by atoms with E-state index in [1.165, 1.54) is 0 Å². The largest absolute Gasteiger partial charge is 0.393 e. The van der Waals surface area contributed by atoms with E-state index in [-0.39, 0.29) is 6.10 Å². The second-order valence-corrected chi connectivity index (χ2v) is 3.96. The van der Waals surface area contributed by atoms with Gasteiger partial charge in [0, 0.05) is 12.4 Å². The molecule has 0 aromatic carbocycles. The van der Waals surface area contributed by atoms with Crippen molar-refractivity contribution in [2.24, 2.45) is 5.92 Å². The van der Waals surface area contributed by atoms with Gasteiger partial charge in [-0.15, -0.1) is 0 Å². The summed E-state index contributed by atoms with van der Waals surface area (Å²) in [6.45, 7) is 4.33. The fourth-order valence-electron chi connectivity index (χ4n) is 1.51. The molecule has 0 aliphatic carbocycles. The number of pyridine rings is 1. The van der Waals surface area contributed by atoms with E-state index in [0.717, 1.165) is 24.8 Å². The molecule has 78 valence electrons. The van der Waals surface area contributed by atoms with Crippen LogP contribution in [0.15, 0.2) is 24.5 Å². The number of hydrogen-bond donors (Lipinski definition) is 1. The lowest BCUT2D eigenvalue weighted by atomic mass is 9.97. The fraction of sp³-hybridized carbons (Fsp3) is 0.583. The summed E-state index contributed by atoms with van der Waals surface area (Å²) in [5.41, 5.74) is 1.16. The van der Waals surface area contributed by atoms with E-state index in [4.69, 9.17) is 0 Å². The van der Waals surface area contributed by atoms with Gasteiger partial charge in [0.15, 0.2) is 0 Å². The predicted octanol–water partition coefficient (Wildman–Crippen LogP) is 2.42. The number of aromatic nitrogens is 1. The van der Waals surface area contributed by atoms with Crippen LogP contribution in [-0.4, -0.2) is 16.2 Å². The molecule has 2 unspecified atom stereocenters. The Morgan fingerprint density at radius 2 is 2.00 bits per heavy atom. The minimum Gasteiger partial charge on any atom is -0.393 e. The van der Waals surface area contributed by atoms with Gasteiger partial charge < -0.3 is 5.11 Å². The Kier molecular flexibility index (Phi) is 4.60. The lowest BCUT2D eigenvalue weighted by Gasteiger charge is -2.14. The summed E-state index contributed by atoms with van der Waals surface area (Å²) < 4.78 is 0. The van der Waals surface area contributed by atoms with Crippen LogP contribution in [0.3, 0.4) is 0 Å². The van der Waals surface area contributed by atoms with Crippen LogP contribution >= 0.6 is 0 Å². The minimum atomic E-state index is -0.215. The first-order valence-corrected chi connectivity index (χ1v) is 5.29. The van der Waals surface area contributed by atoms with Crippen LogP contribution in [0.5, 0.6) is 0 Å². The van der Waals surface area contributed by atoms with Gasteiger partial charge >= 0.3 is 0 Å². The fourth-order valence-corrected chi connectivity index (χ4v) is 1.51. The monoisotopic (exact) mass is 193 g/mol. The van der Waals surface area contributed by atoms with Gasteiger partial charge in [-0.05, 0) is 36.5 Å². The van der Waals surface area contributed by atoms with E-state index >= 15 is 0 Å². The van der Waals surface area contributed by atoms with Crippen molar-refractivity contribution in [1.82, 2.24) is 4.98 Å². The van der Waals surface area contributed by atoms with Gasteiger partial charge in [0.05, 0.1) is 6.10 Å². The molecule has 0 radical (unpaired) electrons. The number of nitrogens with zero attached hydrogens (tertiary/aromatic N) is 1. The molecule has 2 atom stereocenters. The van der Waals surface area contributed by atoms with E-state index in [9.17, 15) is 5.11 Å². The van der Waals surface area contributed by atoms with Gasteiger partial charge in [-0.2, -0.15) is 0 Å². The van der Waals surface area contributed by atoms with Gasteiger partial charge in [0.2, 0.25) is 0 Å². The molecule has 0 aliphatic rings. The standard InChI is InChI=1S/C12H19NO/c1-3-10(2)8-12(14)9-11-4-6-13-7-5-11/h4-7,10,12,14H,3,8-9H2,1-2H3. The van der Waals surface area contributed by atoms with E-state index < -0.39 is 0 Å². The molecule has 1 N–H and O–H groups in total. The van der Waals surface area contributed by atoms with Crippen LogP contribution in [-0.2, 0) is 6.42 Å². The first-order valence-electron chi connectivity index (χ1n) is 5.29. The maximum absolute atomic E-state index is 9.78. The lowest BCUT2D eigenvalue weighted by molar-refractivity contribution is 0.144. The zero-order valence-electron chi connectivity index (χ0n) is 8.98. The summed E-state index contributed by atoms with van der Waals surface area (Å²) in [6, 6.07) is 3.92. The number of hydrogen-bond acceptors (Lipinski definition) is 2. The first-order chi connectivity index (χ1) is 6.72. The normalized spacial score (nSPS) is 15.1. The highest BCUT2D eigenvalue weighted by Gasteiger charge is 2.09. The Morgan fingerprint density at radius 3 is 2.57 bits per heavy atom. The van der Waals surface area contributed by atoms with Crippen LogP contribution in [0.25, 0.3) is 0 Å². The van der Waals surface area contributed by atoms with Crippen LogP contribution in [0, 0.1) is 5.92 Å². The van der Waals surface area contributed by atoms with E-state index in [0.29, 0.717) is 5.92 Å². The second kappa shape index (κ2) is 5.76. The molecule has 1 aromatic heterocycles. The van der Waals surface area contributed by atoms with Gasteiger partial charge in [-0.3, -0.25) is 4.98 Å². The van der Waals surface area contributed by atoms with Gasteiger partial charge in [-0.25, -0.2) is 0 Å². The average molecular weight is 193 g/mol. The zero-order valence-corrected chi connectivity index (χ0v) is 8.98. The predicted molar refractivity (Wildman–Crippen MR) is 58.0 cm³/mol. The average Bonchev–Trinajstić information content (AvgIpc) is 2.19. The van der Waals surface area contributed by atoms with Crippen LogP contribution < -0.4 is 0 Å². The summed E-state index contributed by atoms with van der Waals surface area (Å²) in [5, 5.41) is 9.78. The second-order valence-electron chi connectivity index (χ2n) is 3.96. The number of aliphatic hydroxyl groups excluding tert-OH is 1. The smallest absolute Gasteiger partial charge is 0.0583 e. The molecule has 2 heteroatoms. The molecule has 1 rings (SSSR count). The third kappa shape index (κ3) is 3.88. The highest BCUT2D eigenvalue weighted by atomic mass is 16.3. The molecule has 0 bridgehead atoms. The van der Waals surface area contributed by atoms with Crippen LogP contribution in [0.1, 0.15) is 32.3 Å². The molecule has 1 aromatic rings. The highest BCUT2D eigenvalue weighted by Crippen LogP contribution is 2.13. The van der Waals surface area contributed by atoms with Crippen LogP contribution in [0.2, 0.25) is 0 Å². The van der Waals surface area contributed by atoms with E-state index in [2.05, 4.69) is 18.8 Å². The first kappa shape index (κ1) is 11.2. The molecule has 0 aliphatic heterocycles. The summed E-state index contributed by atoms with van der Waals surface area (Å²) in [6.07, 6.45) is 6.09. The molecule has 0 spiro atoms. The van der Waals surface area contributed by atoms with Crippen molar-refractivity contribution in [3.8, 4) is 0 Å². The third-order valence-corrected chi connectivity index (χ3v) is 2.59. The molecule has 2 nitrogen and oxygen atoms in total. The van der Waals surface area contributed by atoms with Crippen LogP contribution in [0.4, 0.5) is 0 Å². The summed E-state index contributed by atoms with van der Waals surface area (Å²) in [7, 11) is 0. The maximum atomic E-state index is 9.78. The lowest BCUT2D eigenvalue weighted by Crippen LogP contribution is -2.14. The molecule has 1 heterocycles. The van der Waals surface area contributed by atoms with Crippen molar-refractivity contribution < 1.29 is 5.11 Å². The Morgan fingerprint density at radius 1 is 1.36 bits per heavy atom. The van der Waals surface area contributed by atoms with Crippen molar-refractivity contribution >= 4 is 0 Å². The Balaban J connectivity index is 2.37. The Hall–Kier alpha value is -0.890. The summed E-state index contributed by atoms with van der Waals surface area (Å²) in [5.74, 6) is 0.604. The molecule has 14 heavy (non-hydrogen) atoms. The van der Waals surface area contributed by atoms with Crippen molar-refractivity contribution in [2.75, 3.05) is 0 Å². The van der Waals surface area contributed by atoms with E-state index in [1.807, 2.05) is 12.1 Å². The van der Waals surface area contributed by atoms with Crippen molar-refractivity contribution in [2.45, 2.75) is 39.2 Å². The zero-order chi connectivity index (χ0) is 10.4. The molecule has 0 amide bonds. The van der Waals surface area contributed by atoms with Crippen molar-refractivity contribution in [1.29, 1.82) is 0 Å². The topological polar surface area (TPSA) is 33.1 Å². The minimum absolute atomic E-state index is 0.215. The maximum Gasteiger partial charge on any atom is 0.0583 e. The highest BCUT2D eigenvalue weighted by molar-refractivity contribution is 5.10. The summed E-state index contributed by atoms with van der Waals surface area (Å²) in [4.78, 5) is 3.95. The molecule has 0 saturated heterocycles. The third-order valence-electron chi connectivity index (χ3n) is 2.59. The number of aliphatic hydroxyl groups is 1.